The van der Waals surface area contributed by atoms with Crippen molar-refractivity contribution in [1.82, 2.24) is 10.2 Å². The number of nitrogens with zero attached hydrogens (tertiary/aromatic N) is 2. The Labute approximate surface area is 58.1 Å². The van der Waals surface area contributed by atoms with Crippen molar-refractivity contribution in [2.24, 2.45) is 16.7 Å². The first kappa shape index (κ1) is 6.60. The lowest BCUT2D eigenvalue weighted by atomic mass is 10.2. The van der Waals surface area contributed by atoms with Crippen molar-refractivity contribution in [3.05, 3.63) is 17.5 Å². The Kier molecular flexibility index (Phi) is 1.57. The molecule has 0 aromatic carbocycles. The molecule has 0 spiro atoms. The Hall–Kier alpha value is -1.52. The maximum atomic E-state index is 5.40. The molecule has 0 aliphatic carbocycles. The Morgan fingerprint density at radius 3 is 2.90 bits per heavy atom. The second-order valence-electron chi connectivity index (χ2n) is 1.92. The van der Waals surface area contributed by atoms with E-state index in [1.165, 1.54) is 0 Å². The van der Waals surface area contributed by atoms with E-state index < -0.39 is 0 Å². The average molecular weight is 139 g/mol. The van der Waals surface area contributed by atoms with E-state index in [1.807, 2.05) is 6.92 Å². The Bertz CT molecular complexity index is 248. The number of hydrazone groups is 1. The van der Waals surface area contributed by atoms with Crippen LogP contribution >= 0.6 is 0 Å². The molecule has 1 aromatic heterocycles. The van der Waals surface area contributed by atoms with Gasteiger partial charge in [-0.05, 0) is 6.92 Å². The normalized spacial score (nSPS) is 11.9. The van der Waals surface area contributed by atoms with Gasteiger partial charge in [-0.3, -0.25) is 5.10 Å². The zero-order valence-corrected chi connectivity index (χ0v) is 5.63. The molecule has 0 bridgehead atoms. The third kappa shape index (κ3) is 0.928. The Morgan fingerprint density at radius 2 is 2.50 bits per heavy atom. The summed E-state index contributed by atoms with van der Waals surface area (Å²) in [7, 11) is 0. The molecule has 0 atom stereocenters. The molecule has 0 radical (unpaired) electrons. The topological polar surface area (TPSA) is 93.1 Å². The van der Waals surface area contributed by atoms with Crippen LogP contribution in [0.25, 0.3) is 0 Å². The van der Waals surface area contributed by atoms with Crippen molar-refractivity contribution in [2.45, 2.75) is 6.92 Å². The summed E-state index contributed by atoms with van der Waals surface area (Å²) in [5, 5.41) is 9.79. The van der Waals surface area contributed by atoms with Crippen molar-refractivity contribution in [3.8, 4) is 0 Å². The van der Waals surface area contributed by atoms with Gasteiger partial charge in [0.2, 0.25) is 0 Å². The molecule has 1 heterocycles. The van der Waals surface area contributed by atoms with Crippen LogP contribution in [0.5, 0.6) is 0 Å². The molecule has 5 nitrogen and oxygen atoms in total. The molecule has 54 valence electrons. The van der Waals surface area contributed by atoms with E-state index in [1.54, 1.807) is 6.20 Å². The number of nitrogens with one attached hydrogen (secondary N) is 1. The number of amidine groups is 1. The van der Waals surface area contributed by atoms with Crippen LogP contribution in [0.15, 0.2) is 11.3 Å². The van der Waals surface area contributed by atoms with E-state index in [4.69, 9.17) is 11.6 Å². The predicted octanol–water partition coefficient (Wildman–Crippen LogP) is -0.703. The van der Waals surface area contributed by atoms with Gasteiger partial charge in [-0.2, -0.15) is 10.2 Å². The number of nitrogens with two attached hydrogens (primary N) is 2. The Morgan fingerprint density at radius 1 is 1.80 bits per heavy atom. The van der Waals surface area contributed by atoms with Crippen LogP contribution in [-0.2, 0) is 0 Å². The third-order valence-corrected chi connectivity index (χ3v) is 1.24. The second kappa shape index (κ2) is 2.38. The number of hydrogen-bond acceptors (Lipinski definition) is 3. The van der Waals surface area contributed by atoms with Gasteiger partial charge in [0.1, 0.15) is 0 Å². The fraction of sp³-hybridized carbons (Fsp3) is 0.200. The molecule has 0 aliphatic heterocycles. The monoisotopic (exact) mass is 139 g/mol. The van der Waals surface area contributed by atoms with Gasteiger partial charge in [-0.25, -0.2) is 0 Å². The van der Waals surface area contributed by atoms with Crippen LogP contribution < -0.4 is 11.6 Å². The first-order chi connectivity index (χ1) is 4.75. The number of aryl methyl sites for hydroxylation is 1. The maximum Gasteiger partial charge on any atom is 0.153 e. The molecule has 1 aromatic rings. The zero-order chi connectivity index (χ0) is 7.56. The minimum absolute atomic E-state index is 0.297. The maximum absolute atomic E-state index is 5.40. The summed E-state index contributed by atoms with van der Waals surface area (Å²) >= 11 is 0. The van der Waals surface area contributed by atoms with Gasteiger partial charge in [0, 0.05) is 5.69 Å². The summed E-state index contributed by atoms with van der Waals surface area (Å²) in [4.78, 5) is 0. The number of H-pyrrole nitrogens is 1. The number of hydrogen-bond donors (Lipinski definition) is 3. The summed E-state index contributed by atoms with van der Waals surface area (Å²) in [6.45, 7) is 1.85. The first-order valence-corrected chi connectivity index (χ1v) is 2.79. The fourth-order valence-corrected chi connectivity index (χ4v) is 0.678. The van der Waals surface area contributed by atoms with Crippen LogP contribution in [0.1, 0.15) is 11.3 Å². The Balaban J connectivity index is 3.05. The summed E-state index contributed by atoms with van der Waals surface area (Å²) in [5.74, 6) is 5.25. The van der Waals surface area contributed by atoms with Crippen molar-refractivity contribution >= 4 is 5.84 Å². The number of rotatable bonds is 1. The van der Waals surface area contributed by atoms with Crippen molar-refractivity contribution in [1.29, 1.82) is 0 Å². The van der Waals surface area contributed by atoms with Crippen LogP contribution in [0.3, 0.4) is 0 Å². The van der Waals surface area contributed by atoms with Crippen LogP contribution in [0.2, 0.25) is 0 Å². The van der Waals surface area contributed by atoms with E-state index in [9.17, 15) is 0 Å². The lowest BCUT2D eigenvalue weighted by Crippen LogP contribution is -2.15. The van der Waals surface area contributed by atoms with E-state index in [0.29, 0.717) is 5.84 Å². The molecule has 0 aliphatic rings. The summed E-state index contributed by atoms with van der Waals surface area (Å²) in [6, 6.07) is 0. The van der Waals surface area contributed by atoms with Crippen LogP contribution in [-0.4, -0.2) is 16.0 Å². The lowest BCUT2D eigenvalue weighted by molar-refractivity contribution is 1.05. The smallest absolute Gasteiger partial charge is 0.153 e. The lowest BCUT2D eigenvalue weighted by Gasteiger charge is -1.92. The van der Waals surface area contributed by atoms with E-state index in [-0.39, 0.29) is 0 Å². The number of aromatic nitrogens is 2. The molecule has 1 rings (SSSR count). The molecule has 0 saturated heterocycles. The third-order valence-electron chi connectivity index (χ3n) is 1.24. The van der Waals surface area contributed by atoms with E-state index in [0.717, 1.165) is 11.3 Å². The highest BCUT2D eigenvalue weighted by molar-refractivity contribution is 5.97. The molecular weight excluding hydrogens is 130 g/mol. The van der Waals surface area contributed by atoms with Gasteiger partial charge in [0.25, 0.3) is 0 Å². The first-order valence-electron chi connectivity index (χ1n) is 2.79. The molecule has 0 amide bonds. The summed E-state index contributed by atoms with van der Waals surface area (Å²) < 4.78 is 0. The van der Waals surface area contributed by atoms with E-state index in [2.05, 4.69) is 15.3 Å². The molecule has 0 fully saturated rings. The van der Waals surface area contributed by atoms with Crippen molar-refractivity contribution < 1.29 is 0 Å². The minimum atomic E-state index is 0.297. The molecule has 5 heteroatoms. The molecule has 0 saturated carbocycles. The van der Waals surface area contributed by atoms with Gasteiger partial charge >= 0.3 is 0 Å². The molecule has 5 N–H and O–H groups in total. The van der Waals surface area contributed by atoms with Crippen molar-refractivity contribution in [2.75, 3.05) is 0 Å². The standard InChI is InChI=1S/C5H9N5/c1-3-4(2-8-10-3)5(6)9-7/h2H,7H2,1H3,(H2,6,9)(H,8,10). The fourth-order valence-electron chi connectivity index (χ4n) is 0.678. The van der Waals surface area contributed by atoms with Crippen LogP contribution in [0, 0.1) is 6.92 Å². The number of aromatic amines is 1. The van der Waals surface area contributed by atoms with Crippen molar-refractivity contribution in [3.63, 3.8) is 0 Å². The van der Waals surface area contributed by atoms with Gasteiger partial charge in [-0.15, -0.1) is 0 Å². The SMILES string of the molecule is Cc1[nH]ncc1C(N)=NN. The van der Waals surface area contributed by atoms with Crippen LogP contribution in [0.4, 0.5) is 0 Å². The van der Waals surface area contributed by atoms with E-state index >= 15 is 0 Å². The summed E-state index contributed by atoms with van der Waals surface area (Å²) in [6.07, 6.45) is 1.58. The van der Waals surface area contributed by atoms with Gasteiger partial charge in [0.05, 0.1) is 11.8 Å². The largest absolute Gasteiger partial charge is 0.382 e. The molecule has 10 heavy (non-hydrogen) atoms. The average Bonchev–Trinajstić information content (AvgIpc) is 2.34. The highest BCUT2D eigenvalue weighted by Gasteiger charge is 2.02. The molecule has 0 unspecified atom stereocenters. The predicted molar refractivity (Wildman–Crippen MR) is 38.2 cm³/mol. The quantitative estimate of drug-likeness (QED) is 0.208. The molecular formula is C5H9N5. The minimum Gasteiger partial charge on any atom is -0.382 e. The second-order valence-corrected chi connectivity index (χ2v) is 1.92. The van der Waals surface area contributed by atoms with Gasteiger partial charge < -0.3 is 11.6 Å². The highest BCUT2D eigenvalue weighted by atomic mass is 15.2. The van der Waals surface area contributed by atoms with Gasteiger partial charge in [-0.1, -0.05) is 0 Å². The zero-order valence-electron chi connectivity index (χ0n) is 5.63. The summed E-state index contributed by atoms with van der Waals surface area (Å²) in [5.41, 5.74) is 7.02. The highest BCUT2D eigenvalue weighted by Crippen LogP contribution is 1.99. The van der Waals surface area contributed by atoms with Gasteiger partial charge in [0.15, 0.2) is 5.84 Å².